The molecule has 0 aromatic carbocycles. The molecule has 0 spiro atoms. The summed E-state index contributed by atoms with van der Waals surface area (Å²) in [7, 11) is -2.95. The van der Waals surface area contributed by atoms with Gasteiger partial charge in [0.05, 0.1) is 16.9 Å². The zero-order valence-corrected chi connectivity index (χ0v) is 12.8. The second-order valence-electron chi connectivity index (χ2n) is 5.46. The summed E-state index contributed by atoms with van der Waals surface area (Å²) in [6.45, 7) is 3.52. The zero-order chi connectivity index (χ0) is 15.4. The van der Waals surface area contributed by atoms with Crippen molar-refractivity contribution >= 4 is 21.7 Å². The summed E-state index contributed by atoms with van der Waals surface area (Å²) in [6, 6.07) is -0.161. The van der Waals surface area contributed by atoms with Gasteiger partial charge >= 0.3 is 5.97 Å². The van der Waals surface area contributed by atoms with Crippen LogP contribution in [-0.4, -0.2) is 42.9 Å². The maximum Gasteiger partial charge on any atom is 0.310 e. The summed E-state index contributed by atoms with van der Waals surface area (Å²) < 4.78 is 22.6. The summed E-state index contributed by atoms with van der Waals surface area (Å²) in [5.41, 5.74) is -1.02. The predicted molar refractivity (Wildman–Crippen MR) is 75.1 cm³/mol. The highest BCUT2D eigenvalue weighted by Crippen LogP contribution is 2.31. The van der Waals surface area contributed by atoms with Crippen LogP contribution in [0.4, 0.5) is 0 Å². The lowest BCUT2D eigenvalue weighted by atomic mass is 9.79. The number of carboxylic acids is 1. The molecule has 1 aliphatic heterocycles. The monoisotopic (exact) mass is 305 g/mol. The first-order valence-electron chi connectivity index (χ1n) is 6.98. The zero-order valence-electron chi connectivity index (χ0n) is 12.0. The Labute approximate surface area is 119 Å². The largest absolute Gasteiger partial charge is 0.481 e. The fourth-order valence-corrected chi connectivity index (χ4v) is 3.99. The number of rotatable bonds is 6. The molecule has 20 heavy (non-hydrogen) atoms. The van der Waals surface area contributed by atoms with Crippen molar-refractivity contribution in [3.05, 3.63) is 0 Å². The normalized spacial score (nSPS) is 19.5. The number of sulfone groups is 1. The lowest BCUT2D eigenvalue weighted by molar-refractivity contribution is -0.152. The number of amides is 1. The molecule has 1 heterocycles. The minimum atomic E-state index is -2.95. The molecule has 0 saturated carbocycles. The van der Waals surface area contributed by atoms with E-state index in [9.17, 15) is 23.1 Å². The number of hydrogen-bond donors (Lipinski definition) is 2. The number of carboxylic acid groups (broad SMARTS) is 1. The van der Waals surface area contributed by atoms with Crippen molar-refractivity contribution in [3.63, 3.8) is 0 Å². The molecule has 7 heteroatoms. The van der Waals surface area contributed by atoms with E-state index < -0.39 is 21.2 Å². The molecule has 1 amide bonds. The van der Waals surface area contributed by atoms with E-state index in [1.54, 1.807) is 13.8 Å². The lowest BCUT2D eigenvalue weighted by Crippen LogP contribution is -2.44. The van der Waals surface area contributed by atoms with Crippen LogP contribution >= 0.6 is 0 Å². The number of carbonyl (C=O) groups is 2. The number of carbonyl (C=O) groups excluding carboxylic acids is 1. The average Bonchev–Trinajstić information content (AvgIpc) is 2.38. The lowest BCUT2D eigenvalue weighted by Gasteiger charge is -2.28. The molecule has 1 rings (SSSR count). The average molecular weight is 305 g/mol. The van der Waals surface area contributed by atoms with Crippen molar-refractivity contribution in [2.45, 2.75) is 52.0 Å². The van der Waals surface area contributed by atoms with Gasteiger partial charge in [0.2, 0.25) is 5.91 Å². The molecular formula is C13H23NO5S. The van der Waals surface area contributed by atoms with Crippen molar-refractivity contribution in [2.75, 3.05) is 11.5 Å². The molecular weight excluding hydrogens is 282 g/mol. The van der Waals surface area contributed by atoms with Gasteiger partial charge in [0.15, 0.2) is 0 Å². The number of hydrogen-bond acceptors (Lipinski definition) is 4. The van der Waals surface area contributed by atoms with Gasteiger partial charge in [0.25, 0.3) is 0 Å². The Bertz CT molecular complexity index is 453. The molecule has 0 aromatic heterocycles. The smallest absolute Gasteiger partial charge is 0.310 e. The molecule has 0 bridgehead atoms. The van der Waals surface area contributed by atoms with Gasteiger partial charge in [-0.1, -0.05) is 13.8 Å². The molecule has 2 N–H and O–H groups in total. The third-order valence-corrected chi connectivity index (χ3v) is 5.94. The van der Waals surface area contributed by atoms with E-state index in [2.05, 4.69) is 5.32 Å². The first-order chi connectivity index (χ1) is 9.24. The van der Waals surface area contributed by atoms with Crippen molar-refractivity contribution < 1.29 is 23.1 Å². The second kappa shape index (κ2) is 6.56. The van der Waals surface area contributed by atoms with E-state index in [1.165, 1.54) is 0 Å². The fourth-order valence-electron chi connectivity index (χ4n) is 2.50. The van der Waals surface area contributed by atoms with E-state index in [0.717, 1.165) is 0 Å². The molecule has 0 radical (unpaired) electrons. The Kier molecular flexibility index (Phi) is 5.56. The van der Waals surface area contributed by atoms with Crippen molar-refractivity contribution in [1.29, 1.82) is 0 Å². The standard InChI is InChI=1S/C13H23NO5S/c1-3-13(4-2,12(16)17)9-11(15)14-10-5-7-20(18,19)8-6-10/h10H,3-9H2,1-2H3,(H,14,15)(H,16,17). The Morgan fingerprint density at radius 2 is 1.70 bits per heavy atom. The van der Waals surface area contributed by atoms with Gasteiger partial charge in [-0.3, -0.25) is 9.59 Å². The van der Waals surface area contributed by atoms with E-state index in [4.69, 9.17) is 0 Å². The minimum absolute atomic E-state index is 0.0570. The number of aliphatic carboxylic acids is 1. The first-order valence-corrected chi connectivity index (χ1v) is 8.80. The van der Waals surface area contributed by atoms with Crippen LogP contribution in [0.25, 0.3) is 0 Å². The maximum absolute atomic E-state index is 12.0. The van der Waals surface area contributed by atoms with E-state index in [0.29, 0.717) is 25.7 Å². The van der Waals surface area contributed by atoms with Gasteiger partial charge in [-0.2, -0.15) is 0 Å². The second-order valence-corrected chi connectivity index (χ2v) is 7.77. The highest BCUT2D eigenvalue weighted by atomic mass is 32.2. The molecule has 1 saturated heterocycles. The van der Waals surface area contributed by atoms with Crippen molar-refractivity contribution in [3.8, 4) is 0 Å². The van der Waals surface area contributed by atoms with Crippen LogP contribution in [0, 0.1) is 5.41 Å². The third-order valence-electron chi connectivity index (χ3n) is 4.23. The molecule has 1 fully saturated rings. The van der Waals surface area contributed by atoms with Gasteiger partial charge < -0.3 is 10.4 Å². The number of nitrogens with one attached hydrogen (secondary N) is 1. The highest BCUT2D eigenvalue weighted by molar-refractivity contribution is 7.91. The highest BCUT2D eigenvalue weighted by Gasteiger charge is 2.37. The van der Waals surface area contributed by atoms with Crippen LogP contribution in [0.15, 0.2) is 0 Å². The Morgan fingerprint density at radius 3 is 2.10 bits per heavy atom. The van der Waals surface area contributed by atoms with Crippen LogP contribution in [0.1, 0.15) is 46.0 Å². The van der Waals surface area contributed by atoms with Crippen LogP contribution in [0.5, 0.6) is 0 Å². The topological polar surface area (TPSA) is 101 Å². The third kappa shape index (κ3) is 4.19. The van der Waals surface area contributed by atoms with Crippen LogP contribution in [0.2, 0.25) is 0 Å². The Hall–Kier alpha value is -1.11. The van der Waals surface area contributed by atoms with Crippen molar-refractivity contribution in [1.82, 2.24) is 5.32 Å². The van der Waals surface area contributed by atoms with Crippen LogP contribution in [-0.2, 0) is 19.4 Å². The predicted octanol–water partition coefficient (Wildman–Crippen LogP) is 0.961. The molecule has 0 aromatic rings. The van der Waals surface area contributed by atoms with E-state index in [-0.39, 0.29) is 29.9 Å². The quantitative estimate of drug-likeness (QED) is 0.761. The van der Waals surface area contributed by atoms with Gasteiger partial charge in [-0.15, -0.1) is 0 Å². The van der Waals surface area contributed by atoms with Gasteiger partial charge in [0, 0.05) is 12.5 Å². The van der Waals surface area contributed by atoms with Crippen LogP contribution < -0.4 is 5.32 Å². The maximum atomic E-state index is 12.0. The summed E-state index contributed by atoms with van der Waals surface area (Å²) >= 11 is 0. The Balaban J connectivity index is 2.57. The van der Waals surface area contributed by atoms with Gasteiger partial charge in [-0.05, 0) is 25.7 Å². The molecule has 1 aliphatic rings. The van der Waals surface area contributed by atoms with Gasteiger partial charge in [0.1, 0.15) is 9.84 Å². The molecule has 0 unspecified atom stereocenters. The summed E-state index contributed by atoms with van der Waals surface area (Å²) in [5, 5.41) is 12.1. The molecule has 6 nitrogen and oxygen atoms in total. The first kappa shape index (κ1) is 16.9. The molecule has 0 aliphatic carbocycles. The van der Waals surface area contributed by atoms with Gasteiger partial charge in [-0.25, -0.2) is 8.42 Å². The van der Waals surface area contributed by atoms with Crippen LogP contribution in [0.3, 0.4) is 0 Å². The summed E-state index contributed by atoms with van der Waals surface area (Å²) in [5.74, 6) is -1.09. The SMILES string of the molecule is CCC(CC)(CC(=O)NC1CCS(=O)(=O)CC1)C(=O)O. The summed E-state index contributed by atoms with van der Waals surface area (Å²) in [6.07, 6.45) is 1.55. The van der Waals surface area contributed by atoms with E-state index in [1.807, 2.05) is 0 Å². The minimum Gasteiger partial charge on any atom is -0.481 e. The summed E-state index contributed by atoms with van der Waals surface area (Å²) in [4.78, 5) is 23.3. The Morgan fingerprint density at radius 1 is 1.20 bits per heavy atom. The van der Waals surface area contributed by atoms with E-state index >= 15 is 0 Å². The van der Waals surface area contributed by atoms with Crippen molar-refractivity contribution in [2.24, 2.45) is 5.41 Å². The molecule has 0 atom stereocenters. The molecule has 116 valence electrons. The fraction of sp³-hybridized carbons (Fsp3) is 0.846.